The van der Waals surface area contributed by atoms with Crippen LogP contribution < -0.4 is 0 Å². The van der Waals surface area contributed by atoms with E-state index in [0.717, 1.165) is 49.2 Å². The lowest BCUT2D eigenvalue weighted by Gasteiger charge is -2.39. The first kappa shape index (κ1) is 53.2. The van der Waals surface area contributed by atoms with Gasteiger partial charge in [-0.2, -0.15) is 0 Å². The van der Waals surface area contributed by atoms with Gasteiger partial charge in [0, 0.05) is 12.0 Å². The second-order valence-corrected chi connectivity index (χ2v) is 16.4. The summed E-state index contributed by atoms with van der Waals surface area (Å²) in [6.07, 6.45) is 34.1. The Balaban J connectivity index is 2.52. The minimum atomic E-state index is -1.68. The quantitative estimate of drug-likeness (QED) is 0.0246. The highest BCUT2D eigenvalue weighted by Gasteiger charge is 2.46. The monoisotopic (exact) mass is 819 g/mol. The molecule has 0 aromatic carbocycles. The molecule has 0 aliphatic carbocycles. The molecule has 1 saturated heterocycles. The van der Waals surface area contributed by atoms with Crippen LogP contribution in [0.2, 0.25) is 0 Å². The van der Waals surface area contributed by atoms with Crippen molar-refractivity contribution in [1.82, 2.24) is 0 Å². The fourth-order valence-corrected chi connectivity index (χ4v) is 6.01. The summed E-state index contributed by atoms with van der Waals surface area (Å²) < 4.78 is 16.2. The number of aliphatic hydroxyl groups excluding tert-OH is 3. The summed E-state index contributed by atoms with van der Waals surface area (Å²) in [4.78, 5) is 25.2. The Kier molecular flexibility index (Phi) is 28.9. The minimum absolute atomic E-state index is 0.234. The van der Waals surface area contributed by atoms with E-state index in [0.29, 0.717) is 6.42 Å². The van der Waals surface area contributed by atoms with Crippen LogP contribution in [0.15, 0.2) is 119 Å². The Hall–Kier alpha value is -3.82. The van der Waals surface area contributed by atoms with Crippen molar-refractivity contribution in [2.45, 2.75) is 176 Å². The zero-order valence-electron chi connectivity index (χ0n) is 37.8. The summed E-state index contributed by atoms with van der Waals surface area (Å²) in [5.74, 6) is -0.384. The topological polar surface area (TPSA) is 123 Å². The lowest BCUT2D eigenvalue weighted by Crippen LogP contribution is -2.59. The van der Waals surface area contributed by atoms with Crippen molar-refractivity contribution >= 4 is 11.9 Å². The molecule has 0 bridgehead atoms. The van der Waals surface area contributed by atoms with Gasteiger partial charge in [0.05, 0.1) is 0 Å². The van der Waals surface area contributed by atoms with Gasteiger partial charge in [-0.05, 0) is 73.6 Å². The Morgan fingerprint density at radius 1 is 0.644 bits per heavy atom. The molecule has 8 heteroatoms. The molecule has 6 atom stereocenters. The van der Waals surface area contributed by atoms with Crippen LogP contribution in [0.3, 0.4) is 0 Å². The van der Waals surface area contributed by atoms with Crippen LogP contribution in [-0.4, -0.2) is 64.6 Å². The maximum Gasteiger partial charge on any atom is 0.336 e. The van der Waals surface area contributed by atoms with Crippen molar-refractivity contribution in [2.75, 3.05) is 6.61 Å². The zero-order chi connectivity index (χ0) is 44.0. The predicted molar refractivity (Wildman–Crippen MR) is 243 cm³/mol. The number of ether oxygens (including phenoxy) is 3. The van der Waals surface area contributed by atoms with Crippen LogP contribution in [0.5, 0.6) is 0 Å². The van der Waals surface area contributed by atoms with E-state index in [1.165, 1.54) is 55.2 Å². The Bertz CT molecular complexity index is 1540. The molecule has 0 amide bonds. The van der Waals surface area contributed by atoms with Gasteiger partial charge in [-0.1, -0.05) is 185 Å². The summed E-state index contributed by atoms with van der Waals surface area (Å²) in [6.45, 7) is 18.2. The molecule has 59 heavy (non-hydrogen) atoms. The third-order valence-corrected chi connectivity index (χ3v) is 10.2. The molecule has 3 N–H and O–H groups in total. The van der Waals surface area contributed by atoms with Crippen LogP contribution in [0, 0.1) is 5.92 Å². The molecule has 330 valence electrons. The number of allylic oxidation sites excluding steroid dienone is 19. The van der Waals surface area contributed by atoms with Crippen molar-refractivity contribution in [3.8, 4) is 0 Å². The lowest BCUT2D eigenvalue weighted by molar-refractivity contribution is -0.292. The molecule has 1 heterocycles. The molecule has 0 aromatic rings. The van der Waals surface area contributed by atoms with Crippen LogP contribution >= 0.6 is 0 Å². The average molecular weight is 819 g/mol. The highest BCUT2D eigenvalue weighted by molar-refractivity contribution is 5.88. The van der Waals surface area contributed by atoms with Gasteiger partial charge in [0.1, 0.15) is 31.0 Å². The summed E-state index contributed by atoms with van der Waals surface area (Å²) >= 11 is 0. The number of hydrogen-bond donors (Lipinski definition) is 3. The molecule has 1 aliphatic heterocycles. The number of rotatable bonds is 27. The molecule has 1 aliphatic rings. The fourth-order valence-electron chi connectivity index (χ4n) is 6.01. The molecule has 1 rings (SSSR count). The van der Waals surface area contributed by atoms with E-state index in [1.807, 2.05) is 56.4 Å². The van der Waals surface area contributed by atoms with Crippen molar-refractivity contribution in [2.24, 2.45) is 5.92 Å². The molecule has 1 fully saturated rings. The maximum atomic E-state index is 12.8. The molecule has 8 nitrogen and oxygen atoms in total. The second-order valence-electron chi connectivity index (χ2n) is 16.4. The van der Waals surface area contributed by atoms with E-state index in [9.17, 15) is 24.9 Å². The van der Waals surface area contributed by atoms with Crippen molar-refractivity contribution in [3.05, 3.63) is 119 Å². The predicted octanol–water partition coefficient (Wildman–Crippen LogP) is 11.5. The Morgan fingerprint density at radius 2 is 1.17 bits per heavy atom. The summed E-state index contributed by atoms with van der Waals surface area (Å²) in [6, 6.07) is 0. The first-order valence-corrected chi connectivity index (χ1v) is 21.9. The van der Waals surface area contributed by atoms with E-state index in [2.05, 4.69) is 71.9 Å². The Morgan fingerprint density at radius 3 is 1.75 bits per heavy atom. The van der Waals surface area contributed by atoms with Crippen LogP contribution in [-0.2, 0) is 23.8 Å². The largest absolute Gasteiger partial charge is 0.463 e. The SMILES string of the molecule is CCC(C)CCCCCCCCCCC(=O)OCC1OC(OC(=O)C(C)=CC=CC(C)=CC=CC(C)=CC=CC=C(C)C=CC=C(C)CCC=C(C)C)C(O)C(O)C1O. The van der Waals surface area contributed by atoms with E-state index in [4.69, 9.17) is 14.2 Å². The van der Waals surface area contributed by atoms with Gasteiger partial charge in [-0.3, -0.25) is 4.79 Å². The van der Waals surface area contributed by atoms with Gasteiger partial charge >= 0.3 is 11.9 Å². The molecular weight excluding hydrogens is 741 g/mol. The van der Waals surface area contributed by atoms with Crippen LogP contribution in [0.25, 0.3) is 0 Å². The van der Waals surface area contributed by atoms with Crippen molar-refractivity contribution < 1.29 is 39.1 Å². The van der Waals surface area contributed by atoms with Gasteiger partial charge < -0.3 is 29.5 Å². The molecule has 6 unspecified atom stereocenters. The van der Waals surface area contributed by atoms with E-state index >= 15 is 0 Å². The van der Waals surface area contributed by atoms with Gasteiger partial charge in [0.2, 0.25) is 6.29 Å². The van der Waals surface area contributed by atoms with Crippen molar-refractivity contribution in [1.29, 1.82) is 0 Å². The van der Waals surface area contributed by atoms with Gasteiger partial charge in [0.15, 0.2) is 0 Å². The number of aliphatic hydroxyl groups is 3. The van der Waals surface area contributed by atoms with E-state index < -0.39 is 42.6 Å². The first-order chi connectivity index (χ1) is 28.1. The molecule has 0 spiro atoms. The third kappa shape index (κ3) is 26.1. The number of carbonyl (C=O) groups is 2. The lowest BCUT2D eigenvalue weighted by atomic mass is 9.99. The summed E-state index contributed by atoms with van der Waals surface area (Å²) in [7, 11) is 0. The third-order valence-electron chi connectivity index (χ3n) is 10.2. The Labute approximate surface area is 357 Å². The molecular formula is C51H78O8. The van der Waals surface area contributed by atoms with Crippen LogP contribution in [0.4, 0.5) is 0 Å². The highest BCUT2D eigenvalue weighted by atomic mass is 16.7. The first-order valence-electron chi connectivity index (χ1n) is 21.9. The molecule has 0 radical (unpaired) electrons. The maximum absolute atomic E-state index is 12.8. The van der Waals surface area contributed by atoms with Crippen molar-refractivity contribution in [3.63, 3.8) is 0 Å². The number of unbranched alkanes of at least 4 members (excludes halogenated alkanes) is 7. The molecule has 0 aromatic heterocycles. The average Bonchev–Trinajstić information content (AvgIpc) is 3.19. The second kappa shape index (κ2) is 32.0. The number of carbonyl (C=O) groups excluding carboxylic acids is 2. The van der Waals surface area contributed by atoms with E-state index in [1.54, 1.807) is 19.1 Å². The zero-order valence-corrected chi connectivity index (χ0v) is 37.8. The normalized spacial score (nSPS) is 21.9. The van der Waals surface area contributed by atoms with Crippen LogP contribution in [0.1, 0.15) is 146 Å². The summed E-state index contributed by atoms with van der Waals surface area (Å²) in [5.41, 5.74) is 6.16. The fraction of sp³-hybridized carbons (Fsp3) is 0.569. The van der Waals surface area contributed by atoms with E-state index in [-0.39, 0.29) is 18.6 Å². The summed E-state index contributed by atoms with van der Waals surface area (Å²) in [5, 5.41) is 31.3. The smallest absolute Gasteiger partial charge is 0.336 e. The standard InChI is InChI=1S/C51H78O8/c1-10-39(4)26-17-15-13-11-12-14-16-18-36-46(52)57-37-45-47(53)48(54)49(55)51(58-45)59-50(56)44(9)35-24-34-43(8)33-23-31-41(6)28-20-19-27-40(5)30-22-32-42(7)29-21-25-38(2)3/h19-20,22-25,27-28,30-35,39,45,47-49,51,53-55H,10-18,21,26,29,36-37H2,1-9H3. The highest BCUT2D eigenvalue weighted by Crippen LogP contribution is 2.24. The van der Waals surface area contributed by atoms with Gasteiger partial charge in [0.25, 0.3) is 0 Å². The van der Waals surface area contributed by atoms with Gasteiger partial charge in [-0.15, -0.1) is 0 Å². The van der Waals surface area contributed by atoms with Gasteiger partial charge in [-0.25, -0.2) is 4.79 Å². The minimum Gasteiger partial charge on any atom is -0.463 e. The number of hydrogen-bond acceptors (Lipinski definition) is 8. The molecule has 0 saturated carbocycles. The number of esters is 2.